The SMILES string of the molecule is CC[C@@]1(O)C[C@H](O)c2c(O)c3c(c(O)c2[C@H]1OC1C[C@@H](N(C)C)[C@@H](O)[C@@H](C)O1)C(=O)c1cccc(O)c1C3=O. The minimum absolute atomic E-state index is 0.0665. The zero-order valence-corrected chi connectivity index (χ0v) is 22.1. The number of aliphatic hydroxyl groups is 3. The van der Waals surface area contributed by atoms with Gasteiger partial charge in [0.05, 0.1) is 40.6 Å². The van der Waals surface area contributed by atoms with Gasteiger partial charge in [0, 0.05) is 35.6 Å². The van der Waals surface area contributed by atoms with Gasteiger partial charge in [-0.3, -0.25) is 9.59 Å². The Hall–Kier alpha value is -3.06. The highest BCUT2D eigenvalue weighted by Crippen LogP contribution is 2.56. The van der Waals surface area contributed by atoms with Gasteiger partial charge in [0.25, 0.3) is 0 Å². The van der Waals surface area contributed by atoms with Crippen molar-refractivity contribution in [2.24, 2.45) is 0 Å². The fraction of sp³-hybridized carbons (Fsp3) is 0.500. The first-order chi connectivity index (χ1) is 18.3. The van der Waals surface area contributed by atoms with Crippen molar-refractivity contribution in [3.8, 4) is 17.2 Å². The molecule has 6 N–H and O–H groups in total. The van der Waals surface area contributed by atoms with E-state index in [9.17, 15) is 40.2 Å². The van der Waals surface area contributed by atoms with E-state index in [1.165, 1.54) is 18.2 Å². The largest absolute Gasteiger partial charge is 0.507 e. The number of likely N-dealkylation sites (N-methyl/N-ethyl adjacent to an activating group) is 1. The second-order valence-corrected chi connectivity index (χ2v) is 10.9. The molecular weight excluding hydrogens is 510 g/mol. The Morgan fingerprint density at radius 3 is 2.31 bits per heavy atom. The van der Waals surface area contributed by atoms with Crippen molar-refractivity contribution in [3.63, 3.8) is 0 Å². The number of fused-ring (bicyclic) bond motifs is 3. The Morgan fingerprint density at radius 1 is 1.03 bits per heavy atom. The van der Waals surface area contributed by atoms with Crippen molar-refractivity contribution in [1.82, 2.24) is 4.90 Å². The van der Waals surface area contributed by atoms with Gasteiger partial charge < -0.3 is 45.0 Å². The van der Waals surface area contributed by atoms with Crippen molar-refractivity contribution in [2.45, 2.75) is 75.5 Å². The molecule has 39 heavy (non-hydrogen) atoms. The zero-order chi connectivity index (χ0) is 28.5. The molecule has 7 atom stereocenters. The summed E-state index contributed by atoms with van der Waals surface area (Å²) in [7, 11) is 3.60. The number of aliphatic hydroxyl groups excluding tert-OH is 2. The number of hydrogen-bond donors (Lipinski definition) is 6. The van der Waals surface area contributed by atoms with E-state index < -0.39 is 76.2 Å². The summed E-state index contributed by atoms with van der Waals surface area (Å²) in [6.45, 7) is 3.34. The molecule has 0 saturated carbocycles. The smallest absolute Gasteiger partial charge is 0.202 e. The highest BCUT2D eigenvalue weighted by atomic mass is 16.7. The van der Waals surface area contributed by atoms with E-state index in [4.69, 9.17) is 9.47 Å². The van der Waals surface area contributed by atoms with Crippen LogP contribution < -0.4 is 0 Å². The molecule has 0 bridgehead atoms. The summed E-state index contributed by atoms with van der Waals surface area (Å²) < 4.78 is 12.1. The first-order valence-corrected chi connectivity index (χ1v) is 12.9. The van der Waals surface area contributed by atoms with E-state index in [-0.39, 0.29) is 47.6 Å². The number of phenols is 3. The molecule has 0 aromatic heterocycles. The Kier molecular flexibility index (Phi) is 6.73. The van der Waals surface area contributed by atoms with E-state index in [1.54, 1.807) is 27.9 Å². The molecule has 2 aromatic carbocycles. The Labute approximate surface area is 224 Å². The van der Waals surface area contributed by atoms with Crippen molar-refractivity contribution in [2.75, 3.05) is 14.1 Å². The van der Waals surface area contributed by atoms with Crippen LogP contribution in [-0.2, 0) is 9.47 Å². The van der Waals surface area contributed by atoms with Gasteiger partial charge >= 0.3 is 0 Å². The molecule has 2 aromatic rings. The number of benzene rings is 2. The number of aromatic hydroxyl groups is 3. The maximum atomic E-state index is 13.5. The third kappa shape index (κ3) is 4.03. The lowest BCUT2D eigenvalue weighted by Gasteiger charge is -2.47. The van der Waals surface area contributed by atoms with Crippen LogP contribution >= 0.6 is 0 Å². The molecule has 1 unspecified atom stereocenters. The zero-order valence-electron chi connectivity index (χ0n) is 22.1. The third-order valence-corrected chi connectivity index (χ3v) is 8.36. The Morgan fingerprint density at radius 2 is 1.67 bits per heavy atom. The van der Waals surface area contributed by atoms with E-state index in [0.29, 0.717) is 0 Å². The first-order valence-electron chi connectivity index (χ1n) is 12.9. The summed E-state index contributed by atoms with van der Waals surface area (Å²) in [4.78, 5) is 28.7. The molecule has 1 saturated heterocycles. The molecule has 0 amide bonds. The van der Waals surface area contributed by atoms with Gasteiger partial charge in [-0.15, -0.1) is 0 Å². The molecule has 0 radical (unpaired) electrons. The van der Waals surface area contributed by atoms with Crippen LogP contribution in [-0.4, -0.2) is 91.3 Å². The fourth-order valence-electron chi connectivity index (χ4n) is 6.15. The van der Waals surface area contributed by atoms with Crippen LogP contribution in [0.15, 0.2) is 18.2 Å². The van der Waals surface area contributed by atoms with E-state index >= 15 is 0 Å². The summed E-state index contributed by atoms with van der Waals surface area (Å²) >= 11 is 0. The van der Waals surface area contributed by atoms with Gasteiger partial charge in [-0.25, -0.2) is 0 Å². The highest BCUT2D eigenvalue weighted by molar-refractivity contribution is 6.31. The molecule has 2 aliphatic carbocycles. The summed E-state index contributed by atoms with van der Waals surface area (Å²) in [6, 6.07) is 3.58. The number of carbonyl (C=O) groups is 2. The monoisotopic (exact) mass is 543 g/mol. The second-order valence-electron chi connectivity index (χ2n) is 10.9. The van der Waals surface area contributed by atoms with E-state index in [0.717, 1.165) is 0 Å². The topological polar surface area (TPSA) is 177 Å². The van der Waals surface area contributed by atoms with Crippen LogP contribution in [0.3, 0.4) is 0 Å². The lowest BCUT2D eigenvalue weighted by atomic mass is 9.70. The van der Waals surface area contributed by atoms with Gasteiger partial charge in [0.1, 0.15) is 23.4 Å². The maximum Gasteiger partial charge on any atom is 0.202 e. The molecule has 11 heteroatoms. The number of ketones is 2. The second kappa shape index (κ2) is 9.54. The lowest BCUT2D eigenvalue weighted by Crippen LogP contribution is -2.54. The van der Waals surface area contributed by atoms with Crippen LogP contribution in [0, 0.1) is 0 Å². The van der Waals surface area contributed by atoms with Crippen LogP contribution in [0.2, 0.25) is 0 Å². The normalized spacial score (nSPS) is 32.1. The van der Waals surface area contributed by atoms with E-state index in [1.807, 2.05) is 4.90 Å². The Bertz CT molecular complexity index is 1360. The minimum atomic E-state index is -1.75. The standard InChI is InChI=1S/C28H33NO10/c1-5-28(37)10-15(31)18-21(27(28)39-16-9-13(29(3)4)22(32)11(2)38-16)26(36)19-20(25(18)35)24(34)17-12(23(19)33)7-6-8-14(17)30/h6-8,11,13,15-16,22,27,30-32,35-37H,5,9-10H2,1-4H3/t11-,13-,15+,16?,22+,27-,28-/m1/s1. The number of rotatable bonds is 4. The van der Waals surface area contributed by atoms with Crippen LogP contribution in [0.25, 0.3) is 0 Å². The predicted molar refractivity (Wildman–Crippen MR) is 136 cm³/mol. The third-order valence-electron chi connectivity index (χ3n) is 8.36. The molecular formula is C28H33NO10. The van der Waals surface area contributed by atoms with Crippen LogP contribution in [0.5, 0.6) is 17.2 Å². The van der Waals surface area contributed by atoms with Gasteiger partial charge in [-0.1, -0.05) is 19.1 Å². The van der Waals surface area contributed by atoms with Crippen molar-refractivity contribution >= 4 is 11.6 Å². The molecule has 5 rings (SSSR count). The number of ether oxygens (including phenoxy) is 2. The summed E-state index contributed by atoms with van der Waals surface area (Å²) in [5, 5.41) is 66.4. The highest BCUT2D eigenvalue weighted by Gasteiger charge is 2.52. The molecule has 11 nitrogen and oxygen atoms in total. The van der Waals surface area contributed by atoms with Gasteiger partial charge in [-0.2, -0.15) is 0 Å². The van der Waals surface area contributed by atoms with Gasteiger partial charge in [-0.05, 0) is 33.5 Å². The van der Waals surface area contributed by atoms with Crippen molar-refractivity contribution in [3.05, 3.63) is 51.6 Å². The van der Waals surface area contributed by atoms with E-state index in [2.05, 4.69) is 0 Å². The molecule has 210 valence electrons. The fourth-order valence-corrected chi connectivity index (χ4v) is 6.15. The average Bonchev–Trinajstić information content (AvgIpc) is 2.87. The number of hydrogen-bond acceptors (Lipinski definition) is 11. The first kappa shape index (κ1) is 27.5. The van der Waals surface area contributed by atoms with Crippen LogP contribution in [0.4, 0.5) is 0 Å². The number of carbonyl (C=O) groups excluding carboxylic acids is 2. The summed E-state index contributed by atoms with van der Waals surface area (Å²) in [5.41, 5.74) is -3.73. The lowest BCUT2D eigenvalue weighted by molar-refractivity contribution is -0.279. The number of nitrogens with zero attached hydrogens (tertiary/aromatic N) is 1. The summed E-state index contributed by atoms with van der Waals surface area (Å²) in [6.07, 6.45) is -5.33. The molecule has 3 aliphatic rings. The van der Waals surface area contributed by atoms with Crippen molar-refractivity contribution < 1.29 is 49.7 Å². The predicted octanol–water partition coefficient (Wildman–Crippen LogP) is 1.64. The minimum Gasteiger partial charge on any atom is -0.507 e. The average molecular weight is 544 g/mol. The molecule has 1 fully saturated rings. The van der Waals surface area contributed by atoms with Crippen LogP contribution in [0.1, 0.15) is 88.3 Å². The molecule has 0 spiro atoms. The van der Waals surface area contributed by atoms with Gasteiger partial charge in [0.15, 0.2) is 12.1 Å². The molecule has 1 aliphatic heterocycles. The number of phenolic OH excluding ortho intramolecular Hbond substituents is 3. The van der Waals surface area contributed by atoms with Crippen molar-refractivity contribution in [1.29, 1.82) is 0 Å². The quantitative estimate of drug-likeness (QED) is 0.264. The summed E-state index contributed by atoms with van der Waals surface area (Å²) in [5.74, 6) is -3.61. The van der Waals surface area contributed by atoms with Gasteiger partial charge in [0.2, 0.25) is 5.78 Å². The Balaban J connectivity index is 1.68. The maximum absolute atomic E-state index is 13.5. The molecule has 1 heterocycles.